The number of nitrogens with one attached hydrogen (secondary N) is 2. The van der Waals surface area contributed by atoms with Gasteiger partial charge in [0.2, 0.25) is 6.23 Å². The molecule has 0 saturated carbocycles. The fourth-order valence-corrected chi connectivity index (χ4v) is 2.67. The molecule has 2 N–H and O–H groups in total. The second-order valence-corrected chi connectivity index (χ2v) is 5.26. The van der Waals surface area contributed by atoms with Gasteiger partial charge in [-0.1, -0.05) is 23.8 Å². The minimum Gasteiger partial charge on any atom is -0.466 e. The molecule has 0 amide bonds. The zero-order valence-corrected chi connectivity index (χ0v) is 11.5. The quantitative estimate of drug-likeness (QED) is 0.776. The Morgan fingerprint density at radius 1 is 1.10 bits per heavy atom. The van der Waals surface area contributed by atoms with Crippen LogP contribution in [0.15, 0.2) is 54.2 Å². The van der Waals surface area contributed by atoms with Gasteiger partial charge in [-0.25, -0.2) is 0 Å². The molecule has 0 unspecified atom stereocenters. The third kappa shape index (κ3) is 1.88. The van der Waals surface area contributed by atoms with Gasteiger partial charge in [-0.2, -0.15) is 0 Å². The molecule has 4 rings (SSSR count). The Hall–Kier alpha value is -2.75. The van der Waals surface area contributed by atoms with Crippen LogP contribution in [0.4, 0.5) is 11.4 Å². The fraction of sp³-hybridized carbons (Fsp3) is 0.118. The second kappa shape index (κ2) is 4.38. The van der Waals surface area contributed by atoms with Crippen molar-refractivity contribution in [3.05, 3.63) is 65.4 Å². The van der Waals surface area contributed by atoms with Crippen LogP contribution in [-0.2, 0) is 0 Å². The molecule has 0 spiro atoms. The lowest BCUT2D eigenvalue weighted by molar-refractivity contribution is 0.0974. The molecule has 0 aromatic heterocycles. The summed E-state index contributed by atoms with van der Waals surface area (Å²) in [7, 11) is 0. The van der Waals surface area contributed by atoms with E-state index in [1.165, 1.54) is 0 Å². The Labute approximate surface area is 122 Å². The van der Waals surface area contributed by atoms with E-state index in [0.717, 1.165) is 16.9 Å². The summed E-state index contributed by atoms with van der Waals surface area (Å²) in [6, 6.07) is 13.5. The van der Waals surface area contributed by atoms with Crippen molar-refractivity contribution in [2.45, 2.75) is 13.2 Å². The third-order valence-corrected chi connectivity index (χ3v) is 3.77. The maximum atomic E-state index is 12.7. The Morgan fingerprint density at radius 2 is 1.90 bits per heavy atom. The minimum atomic E-state index is -0.469. The summed E-state index contributed by atoms with van der Waals surface area (Å²) in [5, 5.41) is 6.45. The van der Waals surface area contributed by atoms with Crippen molar-refractivity contribution in [3.63, 3.8) is 0 Å². The van der Waals surface area contributed by atoms with E-state index in [9.17, 15) is 4.79 Å². The smallest absolute Gasteiger partial charge is 0.201 e. The van der Waals surface area contributed by atoms with Gasteiger partial charge in [-0.15, -0.1) is 0 Å². The summed E-state index contributed by atoms with van der Waals surface area (Å²) in [6.45, 7) is 1.97. The highest BCUT2D eigenvalue weighted by Gasteiger charge is 2.33. The van der Waals surface area contributed by atoms with Crippen LogP contribution in [0.2, 0.25) is 0 Å². The Morgan fingerprint density at radius 3 is 2.76 bits per heavy atom. The Kier molecular flexibility index (Phi) is 2.51. The molecule has 104 valence electrons. The predicted molar refractivity (Wildman–Crippen MR) is 81.7 cm³/mol. The number of aryl methyl sites for hydroxylation is 1. The lowest BCUT2D eigenvalue weighted by Crippen LogP contribution is -2.36. The van der Waals surface area contributed by atoms with Crippen LogP contribution in [0.25, 0.3) is 0 Å². The number of hydrogen-bond donors (Lipinski definition) is 2. The molecule has 2 aliphatic heterocycles. The maximum Gasteiger partial charge on any atom is 0.201 e. The molecule has 0 bridgehead atoms. The first kappa shape index (κ1) is 12.0. The molecule has 1 atom stereocenters. The molecule has 0 saturated heterocycles. The van der Waals surface area contributed by atoms with Crippen molar-refractivity contribution in [2.24, 2.45) is 0 Å². The van der Waals surface area contributed by atoms with E-state index in [1.54, 1.807) is 6.20 Å². The molecule has 2 aliphatic rings. The second-order valence-electron chi connectivity index (χ2n) is 5.26. The number of benzene rings is 2. The van der Waals surface area contributed by atoms with Gasteiger partial charge in [0.25, 0.3) is 0 Å². The molecule has 0 radical (unpaired) electrons. The summed E-state index contributed by atoms with van der Waals surface area (Å²) >= 11 is 0. The van der Waals surface area contributed by atoms with Gasteiger partial charge in [0.15, 0.2) is 5.78 Å². The first-order valence-electron chi connectivity index (χ1n) is 6.86. The first-order valence-corrected chi connectivity index (χ1v) is 6.86. The van der Waals surface area contributed by atoms with Crippen LogP contribution in [0.5, 0.6) is 5.75 Å². The molecule has 2 heterocycles. The van der Waals surface area contributed by atoms with E-state index in [4.69, 9.17) is 4.74 Å². The first-order chi connectivity index (χ1) is 10.2. The average molecular weight is 278 g/mol. The molecule has 2 aromatic rings. The highest BCUT2D eigenvalue weighted by molar-refractivity contribution is 6.13. The number of anilines is 2. The average Bonchev–Trinajstić information content (AvgIpc) is 2.67. The highest BCUT2D eigenvalue weighted by atomic mass is 16.5. The monoisotopic (exact) mass is 278 g/mol. The van der Waals surface area contributed by atoms with E-state index in [0.29, 0.717) is 16.9 Å². The van der Waals surface area contributed by atoms with Crippen molar-refractivity contribution in [1.29, 1.82) is 0 Å². The molecule has 4 heteroatoms. The van der Waals surface area contributed by atoms with Gasteiger partial charge in [-0.05, 0) is 31.2 Å². The highest BCUT2D eigenvalue weighted by Crippen LogP contribution is 2.35. The standard InChI is InChI=1S/C17H14N2O2/c1-10-6-7-15-11(8-10)16(20)12-9-18-13-4-2-3-5-14(13)19-17(12)21-15/h2-9,17-19H,1H3/t17-/m0/s1. The maximum absolute atomic E-state index is 12.7. The van der Waals surface area contributed by atoms with Gasteiger partial charge in [-0.3, -0.25) is 4.79 Å². The van der Waals surface area contributed by atoms with Crippen molar-refractivity contribution in [1.82, 2.24) is 0 Å². The number of ether oxygens (including phenoxy) is 1. The van der Waals surface area contributed by atoms with Crippen molar-refractivity contribution >= 4 is 17.2 Å². The Balaban J connectivity index is 1.81. The summed E-state index contributed by atoms with van der Waals surface area (Å²) in [6.07, 6.45) is 1.26. The van der Waals surface area contributed by atoms with Gasteiger partial charge in [0.1, 0.15) is 5.75 Å². The lowest BCUT2D eigenvalue weighted by atomic mass is 9.97. The van der Waals surface area contributed by atoms with Gasteiger partial charge < -0.3 is 15.4 Å². The number of carbonyl (C=O) groups is 1. The van der Waals surface area contributed by atoms with Crippen LogP contribution in [0.3, 0.4) is 0 Å². The van der Waals surface area contributed by atoms with E-state index in [-0.39, 0.29) is 5.78 Å². The summed E-state index contributed by atoms with van der Waals surface area (Å²) in [5.41, 5.74) is 4.09. The minimum absolute atomic E-state index is 0.00208. The molecular weight excluding hydrogens is 264 g/mol. The number of carbonyl (C=O) groups excluding carboxylic acids is 1. The van der Waals surface area contributed by atoms with E-state index in [1.807, 2.05) is 49.4 Å². The lowest BCUT2D eigenvalue weighted by Gasteiger charge is -2.27. The van der Waals surface area contributed by atoms with E-state index >= 15 is 0 Å². The number of rotatable bonds is 0. The Bertz CT molecular complexity index is 780. The zero-order valence-electron chi connectivity index (χ0n) is 11.5. The van der Waals surface area contributed by atoms with Crippen molar-refractivity contribution in [2.75, 3.05) is 10.6 Å². The largest absolute Gasteiger partial charge is 0.466 e. The number of Topliss-reactive ketones (excluding diaryl/α,β-unsaturated/α-hetero) is 1. The van der Waals surface area contributed by atoms with Gasteiger partial charge >= 0.3 is 0 Å². The molecule has 0 fully saturated rings. The molecule has 2 aromatic carbocycles. The SMILES string of the molecule is Cc1ccc2c(c1)C(=O)C1=CNc3ccccc3N[C@H]1O2. The van der Waals surface area contributed by atoms with Crippen molar-refractivity contribution < 1.29 is 9.53 Å². The van der Waals surface area contributed by atoms with Crippen LogP contribution >= 0.6 is 0 Å². The zero-order chi connectivity index (χ0) is 14.4. The van der Waals surface area contributed by atoms with Crippen LogP contribution in [-0.4, -0.2) is 12.0 Å². The summed E-state index contributed by atoms with van der Waals surface area (Å²) < 4.78 is 5.96. The number of para-hydroxylation sites is 2. The third-order valence-electron chi connectivity index (χ3n) is 3.77. The van der Waals surface area contributed by atoms with E-state index < -0.39 is 6.23 Å². The number of ketones is 1. The molecular formula is C17H14N2O2. The van der Waals surface area contributed by atoms with Gasteiger partial charge in [0.05, 0.1) is 22.5 Å². The number of fused-ring (bicyclic) bond motifs is 3. The van der Waals surface area contributed by atoms with Crippen LogP contribution in [0, 0.1) is 6.92 Å². The molecule has 4 nitrogen and oxygen atoms in total. The molecule has 21 heavy (non-hydrogen) atoms. The van der Waals surface area contributed by atoms with Crippen molar-refractivity contribution in [3.8, 4) is 5.75 Å². The summed E-state index contributed by atoms with van der Waals surface area (Å²) in [4.78, 5) is 12.7. The number of hydrogen-bond acceptors (Lipinski definition) is 4. The normalized spacial score (nSPS) is 18.8. The fourth-order valence-electron chi connectivity index (χ4n) is 2.67. The van der Waals surface area contributed by atoms with Crippen LogP contribution < -0.4 is 15.4 Å². The topological polar surface area (TPSA) is 50.4 Å². The van der Waals surface area contributed by atoms with Crippen LogP contribution in [0.1, 0.15) is 15.9 Å². The summed E-state index contributed by atoms with van der Waals surface area (Å²) in [5.74, 6) is 0.623. The van der Waals surface area contributed by atoms with Gasteiger partial charge in [0, 0.05) is 6.20 Å². The predicted octanol–water partition coefficient (Wildman–Crippen LogP) is 3.32. The molecule has 0 aliphatic carbocycles. The van der Waals surface area contributed by atoms with E-state index in [2.05, 4.69) is 10.6 Å².